The molecule has 2 unspecified atom stereocenters. The number of pyridine rings is 1. The summed E-state index contributed by atoms with van der Waals surface area (Å²) in [4.78, 5) is 23.4. The Labute approximate surface area is 115 Å². The zero-order valence-electron chi connectivity index (χ0n) is 10.7. The lowest BCUT2D eigenvalue weighted by atomic mass is 10.2. The van der Waals surface area contributed by atoms with Crippen molar-refractivity contribution in [2.75, 3.05) is 11.9 Å². The van der Waals surface area contributed by atoms with Crippen LogP contribution < -0.4 is 5.32 Å². The van der Waals surface area contributed by atoms with Crippen molar-refractivity contribution in [3.8, 4) is 0 Å². The summed E-state index contributed by atoms with van der Waals surface area (Å²) in [6.07, 6.45) is 3.72. The molecule has 7 nitrogen and oxygen atoms in total. The van der Waals surface area contributed by atoms with Gasteiger partial charge in [0.1, 0.15) is 11.3 Å². The van der Waals surface area contributed by atoms with Gasteiger partial charge in [0, 0.05) is 18.9 Å². The van der Waals surface area contributed by atoms with Gasteiger partial charge in [-0.25, -0.2) is 14.8 Å². The first-order chi connectivity index (χ1) is 9.72. The molecule has 0 saturated carbocycles. The van der Waals surface area contributed by atoms with Crippen LogP contribution in [-0.2, 0) is 9.53 Å². The molecule has 0 amide bonds. The molecule has 2 N–H and O–H groups in total. The molecule has 1 aliphatic heterocycles. The van der Waals surface area contributed by atoms with Gasteiger partial charge in [0.05, 0.1) is 6.10 Å². The summed E-state index contributed by atoms with van der Waals surface area (Å²) < 4.78 is 5.41. The third kappa shape index (κ3) is 2.67. The quantitative estimate of drug-likeness (QED) is 0.860. The highest BCUT2D eigenvalue weighted by Crippen LogP contribution is 2.20. The molecule has 104 valence electrons. The smallest absolute Gasteiger partial charge is 0.332 e. The Balaban J connectivity index is 1.61. The summed E-state index contributed by atoms with van der Waals surface area (Å²) in [6.45, 7) is 0.530. The number of ether oxygens (including phenoxy) is 1. The molecule has 2 atom stereocenters. The normalized spacial score (nSPS) is 22.0. The number of anilines is 1. The third-order valence-corrected chi connectivity index (χ3v) is 3.23. The van der Waals surface area contributed by atoms with Crippen molar-refractivity contribution in [1.29, 1.82) is 0 Å². The van der Waals surface area contributed by atoms with Crippen LogP contribution in [0.25, 0.3) is 11.2 Å². The van der Waals surface area contributed by atoms with E-state index in [1.807, 2.05) is 12.1 Å². The standard InChI is InChI=1S/C13H14N4O3/c18-13(19)10-3-1-8(20-10)7-16-11-4-2-9-12(17-11)15-6-5-14-9/h2,4-6,8,10H,1,3,7H2,(H,18,19)(H,15,16,17). The van der Waals surface area contributed by atoms with E-state index in [4.69, 9.17) is 9.84 Å². The minimum absolute atomic E-state index is 0.101. The molecule has 0 aromatic carbocycles. The van der Waals surface area contributed by atoms with Gasteiger partial charge in [-0.2, -0.15) is 0 Å². The van der Waals surface area contributed by atoms with Crippen molar-refractivity contribution in [2.45, 2.75) is 25.0 Å². The predicted molar refractivity (Wildman–Crippen MR) is 71.4 cm³/mol. The second kappa shape index (κ2) is 5.38. The van der Waals surface area contributed by atoms with E-state index in [1.54, 1.807) is 12.4 Å². The summed E-state index contributed by atoms with van der Waals surface area (Å²) in [5, 5.41) is 12.0. The average Bonchev–Trinajstić information content (AvgIpc) is 2.94. The van der Waals surface area contributed by atoms with Gasteiger partial charge in [-0.1, -0.05) is 0 Å². The fourth-order valence-corrected chi connectivity index (χ4v) is 2.21. The Morgan fingerprint density at radius 2 is 2.20 bits per heavy atom. The second-order valence-corrected chi connectivity index (χ2v) is 4.64. The molecule has 0 bridgehead atoms. The first kappa shape index (κ1) is 12.7. The SMILES string of the molecule is O=C(O)C1CCC(CNc2ccc3nccnc3n2)O1. The van der Waals surface area contributed by atoms with Gasteiger partial charge in [-0.15, -0.1) is 0 Å². The maximum Gasteiger partial charge on any atom is 0.332 e. The van der Waals surface area contributed by atoms with E-state index in [9.17, 15) is 4.79 Å². The highest BCUT2D eigenvalue weighted by Gasteiger charge is 2.30. The molecule has 3 heterocycles. The van der Waals surface area contributed by atoms with Gasteiger partial charge in [0.25, 0.3) is 0 Å². The van der Waals surface area contributed by atoms with E-state index in [0.29, 0.717) is 24.4 Å². The Bertz CT molecular complexity index is 634. The molecule has 3 rings (SSSR count). The van der Waals surface area contributed by atoms with Crippen molar-refractivity contribution < 1.29 is 14.6 Å². The molecule has 2 aromatic heterocycles. The van der Waals surface area contributed by atoms with Crippen LogP contribution >= 0.6 is 0 Å². The predicted octanol–water partition coefficient (Wildman–Crippen LogP) is 1.07. The number of hydrogen-bond acceptors (Lipinski definition) is 6. The van der Waals surface area contributed by atoms with Gasteiger partial charge < -0.3 is 15.2 Å². The van der Waals surface area contributed by atoms with Crippen LogP contribution in [0.5, 0.6) is 0 Å². The van der Waals surface area contributed by atoms with Crippen molar-refractivity contribution >= 4 is 23.0 Å². The minimum Gasteiger partial charge on any atom is -0.479 e. The summed E-state index contributed by atoms with van der Waals surface area (Å²) in [5.74, 6) is -0.216. The molecule has 2 aromatic rings. The Morgan fingerprint density at radius 3 is 3.00 bits per heavy atom. The molecule has 1 saturated heterocycles. The van der Waals surface area contributed by atoms with Crippen molar-refractivity contribution in [1.82, 2.24) is 15.0 Å². The Kier molecular flexibility index (Phi) is 3.42. The summed E-state index contributed by atoms with van der Waals surface area (Å²) in [6, 6.07) is 3.66. The summed E-state index contributed by atoms with van der Waals surface area (Å²) >= 11 is 0. The topological polar surface area (TPSA) is 97.2 Å². The number of nitrogens with one attached hydrogen (secondary N) is 1. The maximum atomic E-state index is 10.8. The molecule has 1 fully saturated rings. The number of carboxylic acid groups (broad SMARTS) is 1. The van der Waals surface area contributed by atoms with Crippen molar-refractivity contribution in [3.63, 3.8) is 0 Å². The zero-order valence-corrected chi connectivity index (χ0v) is 10.7. The fraction of sp³-hybridized carbons (Fsp3) is 0.385. The first-order valence-electron chi connectivity index (χ1n) is 6.42. The Morgan fingerprint density at radius 1 is 1.35 bits per heavy atom. The number of rotatable bonds is 4. The monoisotopic (exact) mass is 274 g/mol. The molecule has 0 spiro atoms. The summed E-state index contributed by atoms with van der Waals surface area (Å²) in [5.41, 5.74) is 1.31. The number of carboxylic acids is 1. The molecular weight excluding hydrogens is 260 g/mol. The van der Waals surface area contributed by atoms with Gasteiger partial charge in [0.15, 0.2) is 11.8 Å². The van der Waals surface area contributed by atoms with Crippen molar-refractivity contribution in [3.05, 3.63) is 24.5 Å². The van der Waals surface area contributed by atoms with E-state index >= 15 is 0 Å². The van der Waals surface area contributed by atoms with Gasteiger partial charge in [-0.05, 0) is 25.0 Å². The van der Waals surface area contributed by atoms with Gasteiger partial charge in [0.2, 0.25) is 0 Å². The van der Waals surface area contributed by atoms with Crippen molar-refractivity contribution in [2.24, 2.45) is 0 Å². The Hall–Kier alpha value is -2.28. The van der Waals surface area contributed by atoms with Crippen LogP contribution in [0.1, 0.15) is 12.8 Å². The largest absolute Gasteiger partial charge is 0.479 e. The summed E-state index contributed by atoms with van der Waals surface area (Å²) in [7, 11) is 0. The molecular formula is C13H14N4O3. The number of nitrogens with zero attached hydrogens (tertiary/aromatic N) is 3. The number of hydrogen-bond donors (Lipinski definition) is 2. The lowest BCUT2D eigenvalue weighted by Crippen LogP contribution is -2.24. The highest BCUT2D eigenvalue weighted by atomic mass is 16.5. The number of fused-ring (bicyclic) bond motifs is 1. The van der Waals surface area contributed by atoms with E-state index < -0.39 is 12.1 Å². The fourth-order valence-electron chi connectivity index (χ4n) is 2.21. The second-order valence-electron chi connectivity index (χ2n) is 4.64. The third-order valence-electron chi connectivity index (χ3n) is 3.23. The maximum absolute atomic E-state index is 10.8. The number of aliphatic carboxylic acids is 1. The highest BCUT2D eigenvalue weighted by molar-refractivity contribution is 5.72. The van der Waals surface area contributed by atoms with Crippen LogP contribution in [0.4, 0.5) is 5.82 Å². The number of aromatic nitrogens is 3. The average molecular weight is 274 g/mol. The first-order valence-corrected chi connectivity index (χ1v) is 6.42. The van der Waals surface area contributed by atoms with E-state index in [0.717, 1.165) is 11.9 Å². The van der Waals surface area contributed by atoms with Crippen LogP contribution in [0.15, 0.2) is 24.5 Å². The molecule has 0 aliphatic carbocycles. The van der Waals surface area contributed by atoms with Crippen LogP contribution in [0.2, 0.25) is 0 Å². The van der Waals surface area contributed by atoms with E-state index in [1.165, 1.54) is 0 Å². The lowest BCUT2D eigenvalue weighted by Gasteiger charge is -2.12. The van der Waals surface area contributed by atoms with Gasteiger partial charge >= 0.3 is 5.97 Å². The van der Waals surface area contributed by atoms with Gasteiger partial charge in [-0.3, -0.25) is 4.98 Å². The van der Waals surface area contributed by atoms with E-state index in [2.05, 4.69) is 20.3 Å². The number of carbonyl (C=O) groups is 1. The molecule has 0 radical (unpaired) electrons. The molecule has 7 heteroatoms. The van der Waals surface area contributed by atoms with E-state index in [-0.39, 0.29) is 6.10 Å². The molecule has 1 aliphatic rings. The van der Waals surface area contributed by atoms with Crippen LogP contribution in [-0.4, -0.2) is 44.8 Å². The lowest BCUT2D eigenvalue weighted by molar-refractivity contribution is -0.149. The molecule has 20 heavy (non-hydrogen) atoms. The zero-order chi connectivity index (χ0) is 13.9. The minimum atomic E-state index is -0.897. The van der Waals surface area contributed by atoms with Crippen LogP contribution in [0.3, 0.4) is 0 Å². The van der Waals surface area contributed by atoms with Crippen LogP contribution in [0, 0.1) is 0 Å².